The zero-order valence-corrected chi connectivity index (χ0v) is 16.4. The molecule has 142 valence electrons. The molecule has 2 aromatic rings. The molecule has 1 N–H and O–H groups in total. The maximum Gasteiger partial charge on any atom is 0.225 e. The van der Waals surface area contributed by atoms with Crippen LogP contribution in [0.15, 0.2) is 24.3 Å². The lowest BCUT2D eigenvalue weighted by atomic mass is 9.97. The van der Waals surface area contributed by atoms with Crippen molar-refractivity contribution in [2.45, 2.75) is 65.5 Å². The number of aryl methyl sites for hydroxylation is 1. The zero-order valence-electron chi connectivity index (χ0n) is 16.4. The fourth-order valence-corrected chi connectivity index (χ4v) is 3.68. The van der Waals surface area contributed by atoms with Crippen LogP contribution in [0.25, 0.3) is 11.0 Å². The molecule has 26 heavy (non-hydrogen) atoms. The number of piperidine rings is 1. The average Bonchev–Trinajstić information content (AvgIpc) is 3.05. The van der Waals surface area contributed by atoms with Crippen LogP contribution in [-0.2, 0) is 11.3 Å². The van der Waals surface area contributed by atoms with Crippen molar-refractivity contribution in [2.24, 2.45) is 5.92 Å². The van der Waals surface area contributed by atoms with Crippen LogP contribution >= 0.6 is 0 Å². The molecule has 2 atom stereocenters. The average molecular weight is 357 g/mol. The van der Waals surface area contributed by atoms with Gasteiger partial charge in [-0.3, -0.25) is 4.79 Å². The Kier molecular flexibility index (Phi) is 6.17. The van der Waals surface area contributed by atoms with Crippen molar-refractivity contribution in [1.82, 2.24) is 14.9 Å². The molecule has 0 saturated carbocycles. The second-order valence-electron chi connectivity index (χ2n) is 7.51. The van der Waals surface area contributed by atoms with Crippen LogP contribution in [0.2, 0.25) is 0 Å². The van der Waals surface area contributed by atoms with Crippen molar-refractivity contribution in [1.29, 1.82) is 0 Å². The number of fused-ring (bicyclic) bond motifs is 1. The second kappa shape index (κ2) is 8.56. The van der Waals surface area contributed by atoms with E-state index < -0.39 is 0 Å². The highest BCUT2D eigenvalue weighted by Crippen LogP contribution is 2.27. The number of carbonyl (C=O) groups is 1. The van der Waals surface area contributed by atoms with E-state index in [1.165, 1.54) is 5.52 Å². The highest BCUT2D eigenvalue weighted by molar-refractivity contribution is 5.81. The molecule has 0 radical (unpaired) electrons. The normalized spacial score (nSPS) is 18.9. The SMILES string of the molecule is CCCCn1c(N2CCC[C@H](C(=O)N[C@@H](C)CC)C2)nc2ccccc21. The Hall–Kier alpha value is -2.04. The third kappa shape index (κ3) is 4.02. The van der Waals surface area contributed by atoms with Gasteiger partial charge in [-0.1, -0.05) is 32.4 Å². The summed E-state index contributed by atoms with van der Waals surface area (Å²) in [6.45, 7) is 9.11. The second-order valence-corrected chi connectivity index (χ2v) is 7.51. The molecule has 3 rings (SSSR count). The number of unbranched alkanes of at least 4 members (excludes halogenated alkanes) is 1. The number of hydrogen-bond acceptors (Lipinski definition) is 3. The lowest BCUT2D eigenvalue weighted by Crippen LogP contribution is -2.46. The number of para-hydroxylation sites is 2. The summed E-state index contributed by atoms with van der Waals surface area (Å²) in [5, 5.41) is 3.15. The fourth-order valence-electron chi connectivity index (χ4n) is 3.68. The van der Waals surface area contributed by atoms with E-state index in [-0.39, 0.29) is 17.9 Å². The van der Waals surface area contributed by atoms with E-state index in [4.69, 9.17) is 4.98 Å². The molecule has 0 unspecified atom stereocenters. The minimum absolute atomic E-state index is 0.0530. The molecule has 1 aromatic heterocycles. The molecule has 0 bridgehead atoms. The number of hydrogen-bond donors (Lipinski definition) is 1. The number of nitrogens with one attached hydrogen (secondary N) is 1. The number of rotatable bonds is 7. The summed E-state index contributed by atoms with van der Waals surface area (Å²) >= 11 is 0. The van der Waals surface area contributed by atoms with E-state index in [1.807, 2.05) is 6.07 Å². The summed E-state index contributed by atoms with van der Waals surface area (Å²) in [4.78, 5) is 19.8. The van der Waals surface area contributed by atoms with E-state index in [1.54, 1.807) is 0 Å². The first kappa shape index (κ1) is 18.7. The van der Waals surface area contributed by atoms with E-state index in [9.17, 15) is 4.79 Å². The number of benzene rings is 1. The molecule has 1 aliphatic heterocycles. The third-order valence-corrected chi connectivity index (χ3v) is 5.45. The molecule has 1 saturated heterocycles. The molecule has 2 heterocycles. The Balaban J connectivity index is 1.82. The molecule has 0 aliphatic carbocycles. The van der Waals surface area contributed by atoms with Crippen LogP contribution in [0, 0.1) is 5.92 Å². The number of anilines is 1. The van der Waals surface area contributed by atoms with Gasteiger partial charge < -0.3 is 14.8 Å². The molecule has 5 heteroatoms. The number of imidazole rings is 1. The highest BCUT2D eigenvalue weighted by Gasteiger charge is 2.29. The van der Waals surface area contributed by atoms with Gasteiger partial charge in [0.2, 0.25) is 11.9 Å². The summed E-state index contributed by atoms with van der Waals surface area (Å²) in [5.74, 6) is 1.28. The molecule has 1 fully saturated rings. The Morgan fingerprint density at radius 2 is 2.15 bits per heavy atom. The van der Waals surface area contributed by atoms with Crippen LogP contribution in [0.4, 0.5) is 5.95 Å². The number of amides is 1. The standard InChI is InChI=1S/C21H32N4O/c1-4-6-14-25-19-12-8-7-11-18(19)23-21(25)24-13-9-10-17(15-24)20(26)22-16(3)5-2/h7-8,11-12,16-17H,4-6,9-10,13-15H2,1-3H3,(H,22,26)/t16-,17-/m0/s1. The first-order chi connectivity index (χ1) is 12.6. The molecule has 1 aliphatic rings. The van der Waals surface area contributed by atoms with Crippen LogP contribution in [0.3, 0.4) is 0 Å². The van der Waals surface area contributed by atoms with E-state index in [0.29, 0.717) is 0 Å². The van der Waals surface area contributed by atoms with Crippen molar-refractivity contribution in [2.75, 3.05) is 18.0 Å². The van der Waals surface area contributed by atoms with E-state index >= 15 is 0 Å². The number of aromatic nitrogens is 2. The van der Waals surface area contributed by atoms with Crippen molar-refractivity contribution in [3.05, 3.63) is 24.3 Å². The van der Waals surface area contributed by atoms with Gasteiger partial charge in [0, 0.05) is 25.7 Å². The monoisotopic (exact) mass is 356 g/mol. The Labute approximate surface area is 156 Å². The highest BCUT2D eigenvalue weighted by atomic mass is 16.2. The first-order valence-corrected chi connectivity index (χ1v) is 10.1. The third-order valence-electron chi connectivity index (χ3n) is 5.45. The van der Waals surface area contributed by atoms with Gasteiger partial charge in [-0.15, -0.1) is 0 Å². The van der Waals surface area contributed by atoms with Gasteiger partial charge in [0.15, 0.2) is 0 Å². The quantitative estimate of drug-likeness (QED) is 0.817. The summed E-state index contributed by atoms with van der Waals surface area (Å²) in [5.41, 5.74) is 2.24. The summed E-state index contributed by atoms with van der Waals surface area (Å²) in [6, 6.07) is 8.60. The largest absolute Gasteiger partial charge is 0.353 e. The van der Waals surface area contributed by atoms with Crippen LogP contribution < -0.4 is 10.2 Å². The lowest BCUT2D eigenvalue weighted by Gasteiger charge is -2.33. The summed E-state index contributed by atoms with van der Waals surface area (Å²) in [7, 11) is 0. The van der Waals surface area contributed by atoms with E-state index in [0.717, 1.165) is 63.2 Å². The predicted octanol–water partition coefficient (Wildman–Crippen LogP) is 3.97. The van der Waals surface area contributed by atoms with Gasteiger partial charge in [0.1, 0.15) is 0 Å². The Morgan fingerprint density at radius 3 is 2.92 bits per heavy atom. The van der Waals surface area contributed by atoms with Gasteiger partial charge in [-0.05, 0) is 44.7 Å². The maximum atomic E-state index is 12.6. The smallest absolute Gasteiger partial charge is 0.225 e. The van der Waals surface area contributed by atoms with Crippen molar-refractivity contribution >= 4 is 22.9 Å². The van der Waals surface area contributed by atoms with Gasteiger partial charge in [-0.2, -0.15) is 0 Å². The van der Waals surface area contributed by atoms with E-state index in [2.05, 4.69) is 53.8 Å². The maximum absolute atomic E-state index is 12.6. The molecule has 5 nitrogen and oxygen atoms in total. The van der Waals surface area contributed by atoms with Gasteiger partial charge in [-0.25, -0.2) is 4.98 Å². The number of nitrogens with zero attached hydrogens (tertiary/aromatic N) is 3. The van der Waals surface area contributed by atoms with Gasteiger partial charge >= 0.3 is 0 Å². The molecule has 1 amide bonds. The minimum atomic E-state index is 0.0530. The number of carbonyl (C=O) groups excluding carboxylic acids is 1. The zero-order chi connectivity index (χ0) is 18.5. The summed E-state index contributed by atoms with van der Waals surface area (Å²) < 4.78 is 2.34. The minimum Gasteiger partial charge on any atom is -0.353 e. The van der Waals surface area contributed by atoms with Crippen LogP contribution in [-0.4, -0.2) is 34.6 Å². The van der Waals surface area contributed by atoms with Crippen LogP contribution in [0.1, 0.15) is 52.9 Å². The van der Waals surface area contributed by atoms with Crippen LogP contribution in [0.5, 0.6) is 0 Å². The fraction of sp³-hybridized carbons (Fsp3) is 0.619. The Bertz CT molecular complexity index is 739. The Morgan fingerprint density at radius 1 is 1.35 bits per heavy atom. The molecular weight excluding hydrogens is 324 g/mol. The first-order valence-electron chi connectivity index (χ1n) is 10.1. The topological polar surface area (TPSA) is 50.2 Å². The molecular formula is C21H32N4O. The molecule has 0 spiro atoms. The van der Waals surface area contributed by atoms with Gasteiger partial charge in [0.25, 0.3) is 0 Å². The lowest BCUT2D eigenvalue weighted by molar-refractivity contribution is -0.125. The van der Waals surface area contributed by atoms with Gasteiger partial charge in [0.05, 0.1) is 17.0 Å². The summed E-state index contributed by atoms with van der Waals surface area (Å²) in [6.07, 6.45) is 5.27. The predicted molar refractivity (Wildman–Crippen MR) is 107 cm³/mol. The molecule has 1 aromatic carbocycles. The van der Waals surface area contributed by atoms with Crippen molar-refractivity contribution in [3.8, 4) is 0 Å². The van der Waals surface area contributed by atoms with Crippen molar-refractivity contribution in [3.63, 3.8) is 0 Å². The van der Waals surface area contributed by atoms with Crippen molar-refractivity contribution < 1.29 is 4.79 Å².